The van der Waals surface area contributed by atoms with Gasteiger partial charge in [0, 0.05) is 18.5 Å². The maximum atomic E-state index is 12.7. The van der Waals surface area contributed by atoms with E-state index in [1.165, 1.54) is 0 Å². The summed E-state index contributed by atoms with van der Waals surface area (Å²) < 4.78 is 28.0. The van der Waals surface area contributed by atoms with E-state index in [0.29, 0.717) is 30.7 Å². The molecule has 118 valence electrons. The summed E-state index contributed by atoms with van der Waals surface area (Å²) in [5.74, 6) is 0.443. The number of rotatable bonds is 3. The third kappa shape index (κ3) is 3.00. The highest BCUT2D eigenvalue weighted by Crippen LogP contribution is 2.26. The number of carbonyl (C=O) groups excluding carboxylic acids is 1. The number of para-hydroxylation sites is 1. The summed E-state index contributed by atoms with van der Waals surface area (Å²) in [5.41, 5.74) is 1.10. The molecule has 1 aromatic heterocycles. The fourth-order valence-corrected chi connectivity index (χ4v) is 3.94. The standard InChI is InChI=1S/C15H18N2O4S/c1-10-7-12-3-2-4-13(14(12)21-10)15(18)17-6-5-11(8-17)9-22(16,19)20/h2-4,7,11H,5-6,8-9H2,1H3,(H2,16,19,20)/t11-/m1/s1. The molecule has 1 aromatic carbocycles. The summed E-state index contributed by atoms with van der Waals surface area (Å²) in [7, 11) is -3.51. The van der Waals surface area contributed by atoms with Crippen molar-refractivity contribution in [3.63, 3.8) is 0 Å². The van der Waals surface area contributed by atoms with Crippen LogP contribution in [0, 0.1) is 12.8 Å². The van der Waals surface area contributed by atoms with Gasteiger partial charge in [0.2, 0.25) is 10.0 Å². The van der Waals surface area contributed by atoms with Crippen molar-refractivity contribution in [3.05, 3.63) is 35.6 Å². The van der Waals surface area contributed by atoms with Crippen molar-refractivity contribution < 1.29 is 17.6 Å². The van der Waals surface area contributed by atoms with Crippen molar-refractivity contribution in [1.29, 1.82) is 0 Å². The average Bonchev–Trinajstić information content (AvgIpc) is 3.00. The molecule has 22 heavy (non-hydrogen) atoms. The predicted molar refractivity (Wildman–Crippen MR) is 82.9 cm³/mol. The number of sulfonamides is 1. The van der Waals surface area contributed by atoms with E-state index in [1.807, 2.05) is 25.1 Å². The van der Waals surface area contributed by atoms with Gasteiger partial charge in [-0.1, -0.05) is 12.1 Å². The first kappa shape index (κ1) is 15.1. The minimum atomic E-state index is -3.51. The Bertz CT molecular complexity index is 825. The van der Waals surface area contributed by atoms with Crippen molar-refractivity contribution in [1.82, 2.24) is 4.90 Å². The molecule has 2 N–H and O–H groups in total. The first-order valence-electron chi connectivity index (χ1n) is 7.12. The van der Waals surface area contributed by atoms with Gasteiger partial charge >= 0.3 is 0 Å². The summed E-state index contributed by atoms with van der Waals surface area (Å²) in [6, 6.07) is 7.35. The molecule has 0 unspecified atom stereocenters. The van der Waals surface area contributed by atoms with Gasteiger partial charge in [-0.2, -0.15) is 0 Å². The van der Waals surface area contributed by atoms with E-state index in [9.17, 15) is 13.2 Å². The molecule has 0 bridgehead atoms. The topological polar surface area (TPSA) is 93.6 Å². The molecule has 0 spiro atoms. The Labute approximate surface area is 128 Å². The van der Waals surface area contributed by atoms with E-state index in [-0.39, 0.29) is 17.6 Å². The van der Waals surface area contributed by atoms with E-state index in [1.54, 1.807) is 11.0 Å². The van der Waals surface area contributed by atoms with Crippen LogP contribution in [0.15, 0.2) is 28.7 Å². The van der Waals surface area contributed by atoms with Gasteiger partial charge in [-0.05, 0) is 31.4 Å². The lowest BCUT2D eigenvalue weighted by Crippen LogP contribution is -2.30. The Morgan fingerprint density at radius 2 is 2.23 bits per heavy atom. The summed E-state index contributed by atoms with van der Waals surface area (Å²) in [6.07, 6.45) is 0.648. The Kier molecular flexibility index (Phi) is 3.70. The number of amides is 1. The molecule has 1 fully saturated rings. The Hall–Kier alpha value is -1.86. The Morgan fingerprint density at radius 3 is 2.95 bits per heavy atom. The van der Waals surface area contributed by atoms with Crippen LogP contribution in [0.1, 0.15) is 22.5 Å². The van der Waals surface area contributed by atoms with E-state index in [0.717, 1.165) is 11.1 Å². The van der Waals surface area contributed by atoms with Gasteiger partial charge in [-0.3, -0.25) is 4.79 Å². The summed E-state index contributed by atoms with van der Waals surface area (Å²) in [4.78, 5) is 14.3. The van der Waals surface area contributed by atoms with Crippen molar-refractivity contribution in [2.75, 3.05) is 18.8 Å². The van der Waals surface area contributed by atoms with E-state index in [2.05, 4.69) is 0 Å². The minimum absolute atomic E-state index is 0.0825. The highest BCUT2D eigenvalue weighted by Gasteiger charge is 2.30. The summed E-state index contributed by atoms with van der Waals surface area (Å²) in [6.45, 7) is 2.78. The molecule has 2 aromatic rings. The van der Waals surface area contributed by atoms with Gasteiger partial charge in [-0.25, -0.2) is 13.6 Å². The first-order valence-corrected chi connectivity index (χ1v) is 8.84. The molecule has 1 aliphatic heterocycles. The molecule has 1 amide bonds. The maximum Gasteiger partial charge on any atom is 0.257 e. The van der Waals surface area contributed by atoms with Crippen LogP contribution in [0.4, 0.5) is 0 Å². The zero-order chi connectivity index (χ0) is 15.9. The Balaban J connectivity index is 1.82. The molecular weight excluding hydrogens is 304 g/mol. The molecule has 0 radical (unpaired) electrons. The first-order chi connectivity index (χ1) is 10.3. The van der Waals surface area contributed by atoms with Crippen LogP contribution in [0.2, 0.25) is 0 Å². The van der Waals surface area contributed by atoms with Crippen LogP contribution in [0.5, 0.6) is 0 Å². The molecular formula is C15H18N2O4S. The monoisotopic (exact) mass is 322 g/mol. The zero-order valence-electron chi connectivity index (χ0n) is 12.3. The SMILES string of the molecule is Cc1cc2cccc(C(=O)N3CC[C@@H](CS(N)(=O)=O)C3)c2o1. The summed E-state index contributed by atoms with van der Waals surface area (Å²) >= 11 is 0. The van der Waals surface area contributed by atoms with Crippen molar-refractivity contribution in [3.8, 4) is 0 Å². The van der Waals surface area contributed by atoms with Crippen LogP contribution in [-0.4, -0.2) is 38.1 Å². The molecule has 1 atom stereocenters. The molecule has 7 heteroatoms. The summed E-state index contributed by atoms with van der Waals surface area (Å²) in [5, 5.41) is 5.97. The molecule has 1 aliphatic rings. The molecule has 1 saturated heterocycles. The highest BCUT2D eigenvalue weighted by molar-refractivity contribution is 7.89. The van der Waals surface area contributed by atoms with Crippen molar-refractivity contribution in [2.45, 2.75) is 13.3 Å². The van der Waals surface area contributed by atoms with Gasteiger partial charge in [0.15, 0.2) is 0 Å². The second-order valence-corrected chi connectivity index (χ2v) is 7.48. The normalized spacial score (nSPS) is 19.0. The lowest BCUT2D eigenvalue weighted by molar-refractivity contribution is 0.0789. The lowest BCUT2D eigenvalue weighted by atomic mass is 10.1. The van der Waals surface area contributed by atoms with Crippen LogP contribution in [-0.2, 0) is 10.0 Å². The third-order valence-corrected chi connectivity index (χ3v) is 4.87. The Morgan fingerprint density at radius 1 is 1.45 bits per heavy atom. The molecule has 2 heterocycles. The quantitative estimate of drug-likeness (QED) is 0.926. The molecule has 3 rings (SSSR count). The van der Waals surface area contributed by atoms with Gasteiger partial charge < -0.3 is 9.32 Å². The highest BCUT2D eigenvalue weighted by atomic mass is 32.2. The van der Waals surface area contributed by atoms with E-state index >= 15 is 0 Å². The number of carbonyl (C=O) groups is 1. The van der Waals surface area contributed by atoms with Gasteiger partial charge in [0.1, 0.15) is 11.3 Å². The van der Waals surface area contributed by atoms with Gasteiger partial charge in [-0.15, -0.1) is 0 Å². The van der Waals surface area contributed by atoms with Gasteiger partial charge in [0.05, 0.1) is 11.3 Å². The van der Waals surface area contributed by atoms with Crippen molar-refractivity contribution >= 4 is 26.9 Å². The van der Waals surface area contributed by atoms with Crippen LogP contribution < -0.4 is 5.14 Å². The second-order valence-electron chi connectivity index (χ2n) is 5.82. The zero-order valence-corrected chi connectivity index (χ0v) is 13.1. The van der Waals surface area contributed by atoms with Crippen LogP contribution in [0.3, 0.4) is 0 Å². The number of likely N-dealkylation sites (tertiary alicyclic amines) is 1. The number of primary sulfonamides is 1. The van der Waals surface area contributed by atoms with Crippen LogP contribution in [0.25, 0.3) is 11.0 Å². The van der Waals surface area contributed by atoms with E-state index < -0.39 is 10.0 Å². The number of fused-ring (bicyclic) bond motifs is 1. The number of furan rings is 1. The fraction of sp³-hybridized carbons (Fsp3) is 0.400. The largest absolute Gasteiger partial charge is 0.461 e. The maximum absolute atomic E-state index is 12.7. The number of hydrogen-bond acceptors (Lipinski definition) is 4. The number of nitrogens with two attached hydrogens (primary N) is 1. The van der Waals surface area contributed by atoms with Gasteiger partial charge in [0.25, 0.3) is 5.91 Å². The number of nitrogens with zero attached hydrogens (tertiary/aromatic N) is 1. The smallest absolute Gasteiger partial charge is 0.257 e. The number of hydrogen-bond donors (Lipinski definition) is 1. The van der Waals surface area contributed by atoms with Crippen molar-refractivity contribution in [2.24, 2.45) is 11.1 Å². The number of benzene rings is 1. The second kappa shape index (κ2) is 5.40. The molecule has 0 aliphatic carbocycles. The number of aryl methyl sites for hydroxylation is 1. The molecule has 6 nitrogen and oxygen atoms in total. The van der Waals surface area contributed by atoms with E-state index in [4.69, 9.17) is 9.56 Å². The average molecular weight is 322 g/mol. The third-order valence-electron chi connectivity index (χ3n) is 3.94. The molecule has 0 saturated carbocycles. The minimum Gasteiger partial charge on any atom is -0.461 e. The van der Waals surface area contributed by atoms with Crippen LogP contribution >= 0.6 is 0 Å². The predicted octanol–water partition coefficient (Wildman–Crippen LogP) is 1.49. The fourth-order valence-electron chi connectivity index (χ4n) is 3.01. The lowest BCUT2D eigenvalue weighted by Gasteiger charge is -2.16.